The quantitative estimate of drug-likeness (QED) is 0.430. The molecule has 1 atom stereocenters. The Hall–Kier alpha value is -3.36. The van der Waals surface area contributed by atoms with E-state index in [-0.39, 0.29) is 18.3 Å². The summed E-state index contributed by atoms with van der Waals surface area (Å²) in [5.41, 5.74) is 1.93. The lowest BCUT2D eigenvalue weighted by atomic mass is 9.95. The Morgan fingerprint density at radius 3 is 2.72 bits per heavy atom. The van der Waals surface area contributed by atoms with E-state index >= 15 is 0 Å². The minimum Gasteiger partial charge on any atom is -0.497 e. The summed E-state index contributed by atoms with van der Waals surface area (Å²) in [7, 11) is 1.57. The summed E-state index contributed by atoms with van der Waals surface area (Å²) in [4.78, 5) is 31.9. The number of hydrogen-bond acceptors (Lipinski definition) is 7. The first kappa shape index (κ1) is 25.7. The molecule has 1 aliphatic heterocycles. The Kier molecular flexibility index (Phi) is 7.66. The lowest BCUT2D eigenvalue weighted by Crippen LogP contribution is -2.39. The van der Waals surface area contributed by atoms with Crippen molar-refractivity contribution < 1.29 is 19.0 Å². The SMILES string of the molecule is CCOC(=O)C1=C(C)N=c2s/c(=C/c3cc(Cl)ccc3OC(C)C)c(=O)n2[C@H]1c1cccc(OC)c1. The number of aromatic nitrogens is 1. The van der Waals surface area contributed by atoms with E-state index in [9.17, 15) is 9.59 Å². The molecule has 1 aliphatic rings. The zero-order valence-corrected chi connectivity index (χ0v) is 22.3. The molecule has 0 aliphatic carbocycles. The first-order chi connectivity index (χ1) is 17.2. The van der Waals surface area contributed by atoms with Crippen LogP contribution in [-0.2, 0) is 9.53 Å². The van der Waals surface area contributed by atoms with Crippen LogP contribution in [0.1, 0.15) is 44.9 Å². The highest BCUT2D eigenvalue weighted by molar-refractivity contribution is 7.07. The fraction of sp³-hybridized carbons (Fsp3) is 0.296. The predicted molar refractivity (Wildman–Crippen MR) is 141 cm³/mol. The van der Waals surface area contributed by atoms with Crippen LogP contribution in [0.4, 0.5) is 0 Å². The third-order valence-corrected chi connectivity index (χ3v) is 6.77. The average Bonchev–Trinajstić information content (AvgIpc) is 3.14. The van der Waals surface area contributed by atoms with Crippen LogP contribution in [0, 0.1) is 0 Å². The Bertz CT molecular complexity index is 1520. The van der Waals surface area contributed by atoms with Gasteiger partial charge in [0.15, 0.2) is 4.80 Å². The van der Waals surface area contributed by atoms with Gasteiger partial charge in [0.2, 0.25) is 0 Å². The van der Waals surface area contributed by atoms with Gasteiger partial charge in [-0.1, -0.05) is 35.1 Å². The molecule has 0 bridgehead atoms. The Labute approximate surface area is 217 Å². The molecule has 0 unspecified atom stereocenters. The van der Waals surface area contributed by atoms with E-state index in [1.807, 2.05) is 38.1 Å². The molecule has 0 saturated carbocycles. The van der Waals surface area contributed by atoms with Crippen LogP contribution >= 0.6 is 22.9 Å². The molecule has 0 saturated heterocycles. The molecule has 1 aromatic heterocycles. The summed E-state index contributed by atoms with van der Waals surface area (Å²) in [6.45, 7) is 7.56. The predicted octanol–water partition coefficient (Wildman–Crippen LogP) is 4.25. The maximum Gasteiger partial charge on any atom is 0.338 e. The van der Waals surface area contributed by atoms with Crippen LogP contribution in [0.3, 0.4) is 0 Å². The minimum atomic E-state index is -0.719. The number of thiazole rings is 1. The van der Waals surface area contributed by atoms with Crippen molar-refractivity contribution in [3.8, 4) is 11.5 Å². The van der Waals surface area contributed by atoms with E-state index in [4.69, 9.17) is 25.8 Å². The molecule has 0 fully saturated rings. The first-order valence-electron chi connectivity index (χ1n) is 11.5. The first-order valence-corrected chi connectivity index (χ1v) is 12.7. The van der Waals surface area contributed by atoms with Crippen LogP contribution < -0.4 is 24.4 Å². The monoisotopic (exact) mass is 526 g/mol. The number of allylic oxidation sites excluding steroid dienone is 1. The van der Waals surface area contributed by atoms with E-state index in [1.54, 1.807) is 45.2 Å². The van der Waals surface area contributed by atoms with Gasteiger partial charge in [-0.3, -0.25) is 9.36 Å². The van der Waals surface area contributed by atoms with E-state index in [0.29, 0.717) is 48.3 Å². The molecule has 0 radical (unpaired) electrons. The second-order valence-corrected chi connectivity index (χ2v) is 9.87. The molecular formula is C27H27ClN2O5S. The number of hydrogen-bond donors (Lipinski definition) is 0. The van der Waals surface area contributed by atoms with Gasteiger partial charge in [-0.05, 0) is 69.7 Å². The van der Waals surface area contributed by atoms with Crippen LogP contribution in [0.5, 0.6) is 11.5 Å². The van der Waals surface area contributed by atoms with Crippen molar-refractivity contribution in [1.29, 1.82) is 0 Å². The number of carbonyl (C=O) groups is 1. The number of carbonyl (C=O) groups excluding carboxylic acids is 1. The van der Waals surface area contributed by atoms with Crippen molar-refractivity contribution in [2.24, 2.45) is 4.99 Å². The van der Waals surface area contributed by atoms with Gasteiger partial charge in [0, 0.05) is 10.6 Å². The number of methoxy groups -OCH3 is 1. The molecule has 3 aromatic rings. The van der Waals surface area contributed by atoms with Crippen LogP contribution in [-0.4, -0.2) is 30.4 Å². The normalized spacial score (nSPS) is 15.5. The van der Waals surface area contributed by atoms with E-state index in [1.165, 1.54) is 15.9 Å². The van der Waals surface area contributed by atoms with Gasteiger partial charge in [-0.15, -0.1) is 0 Å². The van der Waals surface area contributed by atoms with Crippen molar-refractivity contribution >= 4 is 35.0 Å². The third kappa shape index (κ3) is 5.10. The molecule has 0 amide bonds. The second kappa shape index (κ2) is 10.7. The molecule has 9 heteroatoms. The van der Waals surface area contributed by atoms with Gasteiger partial charge >= 0.3 is 5.97 Å². The molecule has 7 nitrogen and oxygen atoms in total. The number of fused-ring (bicyclic) bond motifs is 1. The van der Waals surface area contributed by atoms with Crippen molar-refractivity contribution in [2.75, 3.05) is 13.7 Å². The highest BCUT2D eigenvalue weighted by atomic mass is 35.5. The van der Waals surface area contributed by atoms with Gasteiger partial charge < -0.3 is 14.2 Å². The largest absolute Gasteiger partial charge is 0.497 e. The number of esters is 1. The number of ether oxygens (including phenoxy) is 3. The smallest absolute Gasteiger partial charge is 0.338 e. The summed E-state index contributed by atoms with van der Waals surface area (Å²) in [5.74, 6) is 0.721. The second-order valence-electron chi connectivity index (χ2n) is 8.43. The molecular weight excluding hydrogens is 500 g/mol. The Morgan fingerprint density at radius 1 is 1.25 bits per heavy atom. The summed E-state index contributed by atoms with van der Waals surface area (Å²) < 4.78 is 18.6. The van der Waals surface area contributed by atoms with E-state index in [2.05, 4.69) is 4.99 Å². The number of rotatable bonds is 7. The van der Waals surface area contributed by atoms with Crippen molar-refractivity contribution in [3.63, 3.8) is 0 Å². The summed E-state index contributed by atoms with van der Waals surface area (Å²) in [5, 5.41) is 0.528. The molecule has 36 heavy (non-hydrogen) atoms. The molecule has 188 valence electrons. The van der Waals surface area contributed by atoms with Gasteiger partial charge in [0.1, 0.15) is 11.5 Å². The Balaban J connectivity index is 1.96. The molecule has 4 rings (SSSR count). The highest BCUT2D eigenvalue weighted by Crippen LogP contribution is 2.32. The summed E-state index contributed by atoms with van der Waals surface area (Å²) in [6, 6.07) is 11.9. The fourth-order valence-corrected chi connectivity index (χ4v) is 5.27. The minimum absolute atomic E-state index is 0.0533. The lowest BCUT2D eigenvalue weighted by Gasteiger charge is -2.25. The molecule has 2 aromatic carbocycles. The van der Waals surface area contributed by atoms with Crippen molar-refractivity contribution in [1.82, 2.24) is 4.57 Å². The number of benzene rings is 2. The molecule has 0 N–H and O–H groups in total. The molecule has 0 spiro atoms. The van der Waals surface area contributed by atoms with Crippen LogP contribution in [0.25, 0.3) is 6.08 Å². The third-order valence-electron chi connectivity index (χ3n) is 5.55. The number of halogens is 1. The maximum atomic E-state index is 13.8. The summed E-state index contributed by atoms with van der Waals surface area (Å²) in [6.07, 6.45) is 1.70. The standard InChI is InChI=1S/C27H27ClN2O5S/c1-6-34-26(32)23-16(4)29-27-30(24(23)17-8-7-9-20(13-17)33-5)25(31)22(36-27)14-18-12-19(28)10-11-21(18)35-15(2)3/h7-15,24H,6H2,1-5H3/b22-14+/t24-/m0/s1. The Morgan fingerprint density at radius 2 is 2.03 bits per heavy atom. The van der Waals surface area contributed by atoms with Gasteiger partial charge in [-0.25, -0.2) is 9.79 Å². The van der Waals surface area contributed by atoms with E-state index in [0.717, 1.165) is 0 Å². The van der Waals surface area contributed by atoms with Crippen molar-refractivity contribution in [2.45, 2.75) is 39.8 Å². The van der Waals surface area contributed by atoms with Gasteiger partial charge in [0.25, 0.3) is 5.56 Å². The van der Waals surface area contributed by atoms with Crippen molar-refractivity contribution in [3.05, 3.63) is 89.6 Å². The van der Waals surface area contributed by atoms with Crippen LogP contribution in [0.15, 0.2) is 63.5 Å². The topological polar surface area (TPSA) is 79.1 Å². The zero-order chi connectivity index (χ0) is 26.0. The fourth-order valence-electron chi connectivity index (χ4n) is 4.05. The van der Waals surface area contributed by atoms with Gasteiger partial charge in [-0.2, -0.15) is 0 Å². The lowest BCUT2D eigenvalue weighted by molar-refractivity contribution is -0.139. The zero-order valence-electron chi connectivity index (χ0n) is 20.7. The van der Waals surface area contributed by atoms with E-state index < -0.39 is 12.0 Å². The average molecular weight is 527 g/mol. The van der Waals surface area contributed by atoms with Gasteiger partial charge in [0.05, 0.1) is 41.7 Å². The van der Waals surface area contributed by atoms with Crippen LogP contribution in [0.2, 0.25) is 5.02 Å². The number of nitrogens with zero attached hydrogens (tertiary/aromatic N) is 2. The summed E-state index contributed by atoms with van der Waals surface area (Å²) >= 11 is 7.49. The maximum absolute atomic E-state index is 13.8. The molecule has 2 heterocycles. The highest BCUT2D eigenvalue weighted by Gasteiger charge is 2.33.